The van der Waals surface area contributed by atoms with Gasteiger partial charge in [0.05, 0.1) is 25.1 Å². The fraction of sp³-hybridized carbons (Fsp3) is 0.294. The van der Waals surface area contributed by atoms with E-state index in [4.69, 9.17) is 9.47 Å². The lowest BCUT2D eigenvalue weighted by molar-refractivity contribution is 0.0564. The number of hydrogen-bond acceptors (Lipinski definition) is 4. The average molecular weight is 313 g/mol. The molecule has 2 amide bonds. The average Bonchev–Trinajstić information content (AvgIpc) is 2.59. The number of pyridine rings is 1. The molecule has 1 saturated heterocycles. The molecule has 1 fully saturated rings. The second-order valence-corrected chi connectivity index (χ2v) is 5.33. The van der Waals surface area contributed by atoms with Gasteiger partial charge in [-0.05, 0) is 25.1 Å². The maximum absolute atomic E-state index is 12.1. The van der Waals surface area contributed by atoms with Gasteiger partial charge < -0.3 is 19.7 Å². The molecule has 3 rings (SSSR count). The van der Waals surface area contributed by atoms with Crippen LogP contribution in [-0.2, 0) is 4.74 Å². The molecule has 0 spiro atoms. The molecule has 6 heteroatoms. The van der Waals surface area contributed by atoms with E-state index in [1.807, 2.05) is 31.2 Å². The van der Waals surface area contributed by atoms with Crippen LogP contribution in [-0.4, -0.2) is 42.2 Å². The topological polar surface area (TPSA) is 63.7 Å². The number of aromatic nitrogens is 1. The van der Waals surface area contributed by atoms with Gasteiger partial charge in [-0.25, -0.2) is 9.78 Å². The van der Waals surface area contributed by atoms with E-state index in [-0.39, 0.29) is 6.03 Å². The van der Waals surface area contributed by atoms with Gasteiger partial charge in [-0.2, -0.15) is 0 Å². The Hall–Kier alpha value is -2.60. The van der Waals surface area contributed by atoms with Crippen molar-refractivity contribution in [3.63, 3.8) is 0 Å². The third-order valence-electron chi connectivity index (χ3n) is 3.53. The number of nitrogens with zero attached hydrogens (tertiary/aromatic N) is 2. The van der Waals surface area contributed by atoms with Crippen LogP contribution in [0.15, 0.2) is 42.6 Å². The monoisotopic (exact) mass is 313 g/mol. The van der Waals surface area contributed by atoms with Crippen LogP contribution in [0.4, 0.5) is 10.5 Å². The van der Waals surface area contributed by atoms with Crippen molar-refractivity contribution in [2.75, 3.05) is 31.6 Å². The summed E-state index contributed by atoms with van der Waals surface area (Å²) in [7, 11) is 0. The minimum atomic E-state index is -0.137. The van der Waals surface area contributed by atoms with Crippen LogP contribution in [0.5, 0.6) is 11.6 Å². The number of benzene rings is 1. The number of carbonyl (C=O) groups excluding carboxylic acids is 1. The number of anilines is 1. The first-order valence-corrected chi connectivity index (χ1v) is 7.55. The zero-order chi connectivity index (χ0) is 16.1. The van der Waals surface area contributed by atoms with E-state index in [0.717, 1.165) is 5.75 Å². The molecule has 0 saturated carbocycles. The minimum absolute atomic E-state index is 0.137. The highest BCUT2D eigenvalue weighted by Crippen LogP contribution is 2.20. The Kier molecular flexibility index (Phi) is 4.73. The number of rotatable bonds is 3. The van der Waals surface area contributed by atoms with E-state index in [2.05, 4.69) is 10.3 Å². The molecular weight excluding hydrogens is 294 g/mol. The highest BCUT2D eigenvalue weighted by Gasteiger charge is 2.16. The third-order valence-corrected chi connectivity index (χ3v) is 3.53. The lowest BCUT2D eigenvalue weighted by Crippen LogP contribution is -2.43. The summed E-state index contributed by atoms with van der Waals surface area (Å²) in [6, 6.07) is 11.1. The highest BCUT2D eigenvalue weighted by molar-refractivity contribution is 5.89. The molecule has 6 nitrogen and oxygen atoms in total. The number of morpholine rings is 1. The van der Waals surface area contributed by atoms with Crippen molar-refractivity contribution in [1.29, 1.82) is 0 Å². The van der Waals surface area contributed by atoms with Gasteiger partial charge in [0.1, 0.15) is 5.75 Å². The second kappa shape index (κ2) is 7.11. The van der Waals surface area contributed by atoms with Crippen molar-refractivity contribution in [3.05, 3.63) is 48.2 Å². The molecule has 1 aromatic heterocycles. The van der Waals surface area contributed by atoms with Crippen LogP contribution in [0, 0.1) is 6.92 Å². The summed E-state index contributed by atoms with van der Waals surface area (Å²) in [5.41, 5.74) is 1.81. The minimum Gasteiger partial charge on any atom is -0.439 e. The number of amides is 2. The lowest BCUT2D eigenvalue weighted by Gasteiger charge is -2.26. The second-order valence-electron chi connectivity index (χ2n) is 5.33. The summed E-state index contributed by atoms with van der Waals surface area (Å²) in [5, 5.41) is 2.82. The molecule has 0 unspecified atom stereocenters. The molecular formula is C17H19N3O3. The van der Waals surface area contributed by atoms with Crippen LogP contribution in [0.25, 0.3) is 0 Å². The van der Waals surface area contributed by atoms with Gasteiger partial charge in [-0.3, -0.25) is 0 Å². The number of carbonyl (C=O) groups is 1. The predicted molar refractivity (Wildman–Crippen MR) is 86.9 cm³/mol. The number of urea groups is 1. The molecule has 23 heavy (non-hydrogen) atoms. The van der Waals surface area contributed by atoms with Gasteiger partial charge in [0, 0.05) is 19.2 Å². The van der Waals surface area contributed by atoms with E-state index in [9.17, 15) is 4.79 Å². The Morgan fingerprint density at radius 3 is 2.57 bits per heavy atom. The quantitative estimate of drug-likeness (QED) is 0.946. The molecule has 2 aromatic rings. The van der Waals surface area contributed by atoms with Gasteiger partial charge in [0.25, 0.3) is 0 Å². The Morgan fingerprint density at radius 1 is 1.17 bits per heavy atom. The first-order valence-electron chi connectivity index (χ1n) is 7.55. The summed E-state index contributed by atoms with van der Waals surface area (Å²) in [4.78, 5) is 18.0. The highest BCUT2D eigenvalue weighted by atomic mass is 16.5. The molecule has 0 radical (unpaired) electrons. The van der Waals surface area contributed by atoms with Gasteiger partial charge in [-0.15, -0.1) is 0 Å². The Labute approximate surface area is 135 Å². The van der Waals surface area contributed by atoms with Crippen LogP contribution < -0.4 is 10.1 Å². The number of aryl methyl sites for hydroxylation is 1. The van der Waals surface area contributed by atoms with Crippen LogP contribution in [0.2, 0.25) is 0 Å². The molecule has 2 heterocycles. The number of hydrogen-bond donors (Lipinski definition) is 1. The van der Waals surface area contributed by atoms with E-state index in [1.165, 1.54) is 5.56 Å². The number of ether oxygens (including phenoxy) is 2. The fourth-order valence-corrected chi connectivity index (χ4v) is 2.21. The Morgan fingerprint density at radius 2 is 1.91 bits per heavy atom. The zero-order valence-corrected chi connectivity index (χ0v) is 13.0. The maximum atomic E-state index is 12.1. The zero-order valence-electron chi connectivity index (χ0n) is 13.0. The Balaban J connectivity index is 1.58. The van der Waals surface area contributed by atoms with Crippen molar-refractivity contribution in [2.24, 2.45) is 0 Å². The molecule has 0 bridgehead atoms. The predicted octanol–water partition coefficient (Wildman–Crippen LogP) is 3.05. The first kappa shape index (κ1) is 15.3. The number of nitrogens with one attached hydrogen (secondary N) is 1. The van der Waals surface area contributed by atoms with Crippen LogP contribution in [0.3, 0.4) is 0 Å². The maximum Gasteiger partial charge on any atom is 0.322 e. The van der Waals surface area contributed by atoms with Gasteiger partial charge in [0.2, 0.25) is 5.88 Å². The van der Waals surface area contributed by atoms with Crippen LogP contribution >= 0.6 is 0 Å². The summed E-state index contributed by atoms with van der Waals surface area (Å²) >= 11 is 0. The van der Waals surface area contributed by atoms with E-state index in [1.54, 1.807) is 23.2 Å². The smallest absolute Gasteiger partial charge is 0.322 e. The van der Waals surface area contributed by atoms with E-state index in [0.29, 0.717) is 37.9 Å². The van der Waals surface area contributed by atoms with E-state index < -0.39 is 0 Å². The molecule has 1 aromatic carbocycles. The normalized spacial score (nSPS) is 14.4. The summed E-state index contributed by atoms with van der Waals surface area (Å²) in [6.45, 7) is 4.39. The fourth-order valence-electron chi connectivity index (χ4n) is 2.21. The Bertz CT molecular complexity index is 650. The summed E-state index contributed by atoms with van der Waals surface area (Å²) < 4.78 is 10.9. The summed E-state index contributed by atoms with van der Waals surface area (Å²) in [6.07, 6.45) is 1.59. The molecule has 1 aliphatic heterocycles. The van der Waals surface area contributed by atoms with Crippen LogP contribution in [0.1, 0.15) is 5.56 Å². The standard InChI is InChI=1S/C17H19N3O3/c1-13-2-5-15(6-3-13)23-16-7-4-14(12-18-16)19-17(21)20-8-10-22-11-9-20/h2-7,12H,8-11H2,1H3,(H,19,21). The summed E-state index contributed by atoms with van der Waals surface area (Å²) in [5.74, 6) is 1.21. The van der Waals surface area contributed by atoms with Gasteiger partial charge in [-0.1, -0.05) is 17.7 Å². The SMILES string of the molecule is Cc1ccc(Oc2ccc(NC(=O)N3CCOCC3)cn2)cc1. The van der Waals surface area contributed by atoms with Crippen molar-refractivity contribution in [3.8, 4) is 11.6 Å². The van der Waals surface area contributed by atoms with Gasteiger partial charge >= 0.3 is 6.03 Å². The van der Waals surface area contributed by atoms with Crippen molar-refractivity contribution >= 4 is 11.7 Å². The molecule has 0 atom stereocenters. The molecule has 0 aliphatic carbocycles. The lowest BCUT2D eigenvalue weighted by atomic mass is 10.2. The van der Waals surface area contributed by atoms with Crippen molar-refractivity contribution < 1.29 is 14.3 Å². The molecule has 1 aliphatic rings. The first-order chi connectivity index (χ1) is 11.2. The van der Waals surface area contributed by atoms with Gasteiger partial charge in [0.15, 0.2) is 0 Å². The van der Waals surface area contributed by atoms with Crippen molar-refractivity contribution in [1.82, 2.24) is 9.88 Å². The van der Waals surface area contributed by atoms with Crippen molar-refractivity contribution in [2.45, 2.75) is 6.92 Å². The van der Waals surface area contributed by atoms with E-state index >= 15 is 0 Å². The third kappa shape index (κ3) is 4.20. The molecule has 120 valence electrons. The largest absolute Gasteiger partial charge is 0.439 e. The molecule has 1 N–H and O–H groups in total.